The second-order valence-electron chi connectivity index (χ2n) is 4.93. The molecule has 2 rings (SSSR count). The maximum absolute atomic E-state index is 11.9. The number of benzene rings is 1. The molecule has 0 saturated heterocycles. The maximum atomic E-state index is 11.9. The number of hydrogen-bond acceptors (Lipinski definition) is 4. The van der Waals surface area contributed by atoms with Crippen LogP contribution in [-0.2, 0) is 14.6 Å². The largest absolute Gasteiger partial charge is 0.380 e. The first kappa shape index (κ1) is 14.0. The van der Waals surface area contributed by atoms with E-state index in [1.807, 2.05) is 37.3 Å². The van der Waals surface area contributed by atoms with E-state index >= 15 is 0 Å². The summed E-state index contributed by atoms with van der Waals surface area (Å²) < 4.78 is 29.2. The van der Waals surface area contributed by atoms with Gasteiger partial charge < -0.3 is 4.74 Å². The molecule has 0 amide bonds. The molecule has 102 valence electrons. The fraction of sp³-hybridized carbons (Fsp3) is 0.500. The highest BCUT2D eigenvalue weighted by atomic mass is 32.2. The Morgan fingerprint density at radius 2 is 2.00 bits per heavy atom. The molecule has 0 aromatic heterocycles. The van der Waals surface area contributed by atoms with E-state index in [1.54, 1.807) is 0 Å². The first-order valence-electron chi connectivity index (χ1n) is 6.20. The number of nitrogens with zero attached hydrogens (tertiary/aromatic N) is 1. The molecule has 4 nitrogen and oxygen atoms in total. The maximum Gasteiger partial charge on any atom is 0.152 e. The van der Waals surface area contributed by atoms with Gasteiger partial charge in [0.05, 0.1) is 17.9 Å². The molecule has 0 spiro atoms. The fourth-order valence-corrected chi connectivity index (χ4v) is 4.62. The lowest BCUT2D eigenvalue weighted by atomic mass is 10.0. The molecule has 0 unspecified atom stereocenters. The summed E-state index contributed by atoms with van der Waals surface area (Å²) in [7, 11) is -3.28. The molecule has 19 heavy (non-hydrogen) atoms. The Morgan fingerprint density at radius 3 is 2.47 bits per heavy atom. The predicted molar refractivity (Wildman–Crippen MR) is 72.4 cm³/mol. The summed E-state index contributed by atoms with van der Waals surface area (Å²) >= 11 is 0. The highest BCUT2D eigenvalue weighted by Gasteiger charge is 2.71. The Labute approximate surface area is 113 Å². The van der Waals surface area contributed by atoms with Crippen LogP contribution in [0.2, 0.25) is 0 Å². The highest BCUT2D eigenvalue weighted by molar-refractivity contribution is 7.91. The highest BCUT2D eigenvalue weighted by Crippen LogP contribution is 2.62. The van der Waals surface area contributed by atoms with Crippen LogP contribution in [0, 0.1) is 16.7 Å². The van der Waals surface area contributed by atoms with Gasteiger partial charge in [-0.25, -0.2) is 8.42 Å². The first-order chi connectivity index (χ1) is 8.97. The van der Waals surface area contributed by atoms with Gasteiger partial charge in [-0.05, 0) is 12.5 Å². The van der Waals surface area contributed by atoms with Crippen molar-refractivity contribution in [3.8, 4) is 6.07 Å². The third-order valence-corrected chi connectivity index (χ3v) is 5.24. The van der Waals surface area contributed by atoms with Crippen molar-refractivity contribution in [1.29, 1.82) is 5.26 Å². The Hall–Kier alpha value is -1.38. The van der Waals surface area contributed by atoms with Crippen molar-refractivity contribution in [3.05, 3.63) is 35.9 Å². The molecule has 0 bridgehead atoms. The third kappa shape index (κ3) is 2.38. The van der Waals surface area contributed by atoms with E-state index in [9.17, 15) is 13.7 Å². The number of ether oxygens (including phenoxy) is 1. The number of hydrogen-bond donors (Lipinski definition) is 0. The summed E-state index contributed by atoms with van der Waals surface area (Å²) in [5.41, 5.74) is -0.0514. The van der Waals surface area contributed by atoms with Crippen molar-refractivity contribution in [3.63, 3.8) is 0 Å². The lowest BCUT2D eigenvalue weighted by molar-refractivity contribution is 0.117. The molecule has 3 atom stereocenters. The zero-order chi connectivity index (χ0) is 14.1. The Balaban J connectivity index is 2.39. The Bertz CT molecular complexity index is 591. The van der Waals surface area contributed by atoms with Gasteiger partial charge in [0.25, 0.3) is 0 Å². The fourth-order valence-electron chi connectivity index (χ4n) is 2.77. The number of sulfone groups is 1. The van der Waals surface area contributed by atoms with Gasteiger partial charge in [-0.1, -0.05) is 30.3 Å². The smallest absolute Gasteiger partial charge is 0.152 e. The minimum atomic E-state index is -3.28. The monoisotopic (exact) mass is 279 g/mol. The minimum absolute atomic E-state index is 0.164. The SMILES string of the molecule is CCOC[C@]1(C#N)[C@H](c2ccccc2)[C@H]1S(C)(=O)=O. The van der Waals surface area contributed by atoms with Crippen LogP contribution in [0.1, 0.15) is 18.4 Å². The van der Waals surface area contributed by atoms with E-state index in [-0.39, 0.29) is 12.5 Å². The van der Waals surface area contributed by atoms with Crippen LogP contribution in [0.3, 0.4) is 0 Å². The Kier molecular flexibility index (Phi) is 3.66. The van der Waals surface area contributed by atoms with Crippen LogP contribution in [0.4, 0.5) is 0 Å². The minimum Gasteiger partial charge on any atom is -0.380 e. The molecule has 1 fully saturated rings. The van der Waals surface area contributed by atoms with Crippen molar-refractivity contribution in [2.24, 2.45) is 5.41 Å². The molecule has 1 aliphatic rings. The standard InChI is InChI=1S/C14H17NO3S/c1-3-18-10-14(9-15)12(13(14)19(2,16)17)11-7-5-4-6-8-11/h4-8,12-13H,3,10H2,1-2H3/t12-,13-,14-/m1/s1. The molecule has 0 heterocycles. The average Bonchev–Trinajstić information content (AvgIpc) is 3.07. The summed E-state index contributed by atoms with van der Waals surface area (Å²) in [5.74, 6) is -0.291. The normalized spacial score (nSPS) is 29.7. The predicted octanol–water partition coefficient (Wildman–Crippen LogP) is 1.74. The molecule has 0 N–H and O–H groups in total. The third-order valence-electron chi connectivity index (χ3n) is 3.63. The summed E-state index contributed by atoms with van der Waals surface area (Å²) in [6, 6.07) is 11.5. The molecule has 1 aromatic carbocycles. The van der Waals surface area contributed by atoms with Crippen LogP contribution in [0.15, 0.2) is 30.3 Å². The molecule has 1 aliphatic carbocycles. The van der Waals surface area contributed by atoms with Gasteiger partial charge in [0, 0.05) is 18.8 Å². The van der Waals surface area contributed by atoms with Crippen LogP contribution in [0.25, 0.3) is 0 Å². The van der Waals surface area contributed by atoms with Crippen LogP contribution < -0.4 is 0 Å². The summed E-state index contributed by atoms with van der Waals surface area (Å²) in [6.45, 7) is 2.47. The van der Waals surface area contributed by atoms with E-state index in [4.69, 9.17) is 4.74 Å². The van der Waals surface area contributed by atoms with Crippen molar-refractivity contribution < 1.29 is 13.2 Å². The number of nitriles is 1. The van der Waals surface area contributed by atoms with Gasteiger partial charge in [-0.15, -0.1) is 0 Å². The zero-order valence-electron chi connectivity index (χ0n) is 11.0. The van der Waals surface area contributed by atoms with Crippen molar-refractivity contribution in [2.45, 2.75) is 18.1 Å². The van der Waals surface area contributed by atoms with E-state index < -0.39 is 20.5 Å². The molecular weight excluding hydrogens is 262 g/mol. The quantitative estimate of drug-likeness (QED) is 0.823. The van der Waals surface area contributed by atoms with Gasteiger partial charge in [0.15, 0.2) is 9.84 Å². The van der Waals surface area contributed by atoms with Crippen molar-refractivity contribution in [1.82, 2.24) is 0 Å². The lowest BCUT2D eigenvalue weighted by Gasteiger charge is -2.08. The van der Waals surface area contributed by atoms with Gasteiger partial charge >= 0.3 is 0 Å². The summed E-state index contributed by atoms with van der Waals surface area (Å²) in [4.78, 5) is 0. The second kappa shape index (κ2) is 4.95. The molecule has 5 heteroatoms. The van der Waals surface area contributed by atoms with E-state index in [0.717, 1.165) is 5.56 Å². The van der Waals surface area contributed by atoms with Gasteiger partial charge in [0.2, 0.25) is 0 Å². The van der Waals surface area contributed by atoms with Crippen LogP contribution in [-0.4, -0.2) is 33.1 Å². The first-order valence-corrected chi connectivity index (χ1v) is 8.15. The zero-order valence-corrected chi connectivity index (χ0v) is 11.9. The number of rotatable bonds is 5. The van der Waals surface area contributed by atoms with E-state index in [1.165, 1.54) is 6.26 Å². The van der Waals surface area contributed by atoms with Crippen molar-refractivity contribution >= 4 is 9.84 Å². The topological polar surface area (TPSA) is 67.2 Å². The molecule has 1 aromatic rings. The van der Waals surface area contributed by atoms with Gasteiger partial charge in [0.1, 0.15) is 5.41 Å². The van der Waals surface area contributed by atoms with Gasteiger partial charge in [-0.3, -0.25) is 0 Å². The lowest BCUT2D eigenvalue weighted by Crippen LogP contribution is -2.18. The van der Waals surface area contributed by atoms with Crippen molar-refractivity contribution in [2.75, 3.05) is 19.5 Å². The van der Waals surface area contributed by atoms with E-state index in [2.05, 4.69) is 6.07 Å². The average molecular weight is 279 g/mol. The van der Waals surface area contributed by atoms with Gasteiger partial charge in [-0.2, -0.15) is 5.26 Å². The molecule has 0 radical (unpaired) electrons. The molecule has 0 aliphatic heterocycles. The van der Waals surface area contributed by atoms with Crippen LogP contribution >= 0.6 is 0 Å². The van der Waals surface area contributed by atoms with Crippen LogP contribution in [0.5, 0.6) is 0 Å². The summed E-state index contributed by atoms with van der Waals surface area (Å²) in [6.07, 6.45) is 1.19. The molecular formula is C14H17NO3S. The second-order valence-corrected chi connectivity index (χ2v) is 7.09. The molecule has 1 saturated carbocycles. The Morgan fingerprint density at radius 1 is 1.37 bits per heavy atom. The summed E-state index contributed by atoms with van der Waals surface area (Å²) in [5, 5.41) is 8.79. The van der Waals surface area contributed by atoms with E-state index in [0.29, 0.717) is 6.61 Å².